The molecule has 0 spiro atoms. The molecule has 0 bridgehead atoms. The van der Waals surface area contributed by atoms with E-state index in [2.05, 4.69) is 4.52 Å². The Hall–Kier alpha value is 0.756. The van der Waals surface area contributed by atoms with Crippen molar-refractivity contribution in [3.05, 3.63) is 35.4 Å². The molecule has 0 radical (unpaired) electrons. The predicted octanol–water partition coefficient (Wildman–Crippen LogP) is 1.22. The van der Waals surface area contributed by atoms with Crippen LogP contribution < -0.4 is 0 Å². The topological polar surface area (TPSA) is 26.3 Å². The van der Waals surface area contributed by atoms with E-state index in [1.54, 1.807) is 0 Å². The van der Waals surface area contributed by atoms with Crippen molar-refractivity contribution >= 4 is 66.8 Å². The molecule has 0 aliphatic heterocycles. The van der Waals surface area contributed by atoms with Gasteiger partial charge in [0.25, 0.3) is 0 Å². The molecule has 0 aliphatic carbocycles. The van der Waals surface area contributed by atoms with E-state index >= 15 is 0 Å². The van der Waals surface area contributed by atoms with E-state index in [-0.39, 0.29) is 57.4 Å². The molecular weight excluding hydrogens is 210 g/mol. The quantitative estimate of drug-likeness (QED) is 0.555. The van der Waals surface area contributed by atoms with E-state index in [9.17, 15) is 4.79 Å². The molecular formula is C9H12KO2P. The second kappa shape index (κ2) is 7.10. The monoisotopic (exact) mass is 222 g/mol. The molecule has 1 aromatic carbocycles. The molecule has 0 aliphatic rings. The minimum atomic E-state index is -0.227. The molecule has 0 aromatic heterocycles. The SMILES string of the molecule is Cc1ccccc1CC(=O)OP.[KH]. The maximum absolute atomic E-state index is 10.9. The van der Waals surface area contributed by atoms with E-state index in [0.717, 1.165) is 11.1 Å². The van der Waals surface area contributed by atoms with Crippen LogP contribution in [0.1, 0.15) is 11.1 Å². The zero-order chi connectivity index (χ0) is 8.97. The van der Waals surface area contributed by atoms with Gasteiger partial charge in [-0.1, -0.05) is 24.3 Å². The summed E-state index contributed by atoms with van der Waals surface area (Å²) in [5, 5.41) is 0. The first kappa shape index (κ1) is 13.8. The summed E-state index contributed by atoms with van der Waals surface area (Å²) in [5.74, 6) is -0.227. The van der Waals surface area contributed by atoms with E-state index in [1.165, 1.54) is 0 Å². The zero-order valence-corrected chi connectivity index (χ0v) is 8.07. The Morgan fingerprint density at radius 3 is 2.62 bits per heavy atom. The molecule has 0 saturated heterocycles. The Bertz CT molecular complexity index is 289. The Morgan fingerprint density at radius 1 is 1.46 bits per heavy atom. The second-order valence-electron chi connectivity index (χ2n) is 2.59. The van der Waals surface area contributed by atoms with Gasteiger partial charge >= 0.3 is 57.4 Å². The van der Waals surface area contributed by atoms with Crippen LogP contribution >= 0.6 is 9.47 Å². The summed E-state index contributed by atoms with van der Waals surface area (Å²) in [6.07, 6.45) is 0.343. The molecule has 0 N–H and O–H groups in total. The fraction of sp³-hybridized carbons (Fsp3) is 0.222. The van der Waals surface area contributed by atoms with Crippen molar-refractivity contribution in [1.82, 2.24) is 0 Å². The zero-order valence-electron chi connectivity index (χ0n) is 6.91. The normalized spacial score (nSPS) is 8.77. The number of carbonyl (C=O) groups is 1. The third-order valence-corrected chi connectivity index (χ3v) is 1.99. The number of aryl methyl sites for hydroxylation is 1. The van der Waals surface area contributed by atoms with Crippen molar-refractivity contribution in [2.75, 3.05) is 0 Å². The molecule has 0 saturated carbocycles. The van der Waals surface area contributed by atoms with Gasteiger partial charge in [-0.25, -0.2) is 0 Å². The molecule has 2 nitrogen and oxygen atoms in total. The average Bonchev–Trinajstić information content (AvgIpc) is 2.09. The van der Waals surface area contributed by atoms with Crippen molar-refractivity contribution in [2.24, 2.45) is 0 Å². The third-order valence-electron chi connectivity index (χ3n) is 1.73. The molecule has 13 heavy (non-hydrogen) atoms. The van der Waals surface area contributed by atoms with Crippen molar-refractivity contribution in [1.29, 1.82) is 0 Å². The number of hydrogen-bond acceptors (Lipinski definition) is 2. The van der Waals surface area contributed by atoms with Gasteiger partial charge < -0.3 is 4.52 Å². The maximum atomic E-state index is 10.9. The Balaban J connectivity index is 0.00000144. The van der Waals surface area contributed by atoms with E-state index < -0.39 is 0 Å². The van der Waals surface area contributed by atoms with E-state index in [0.29, 0.717) is 6.42 Å². The first-order chi connectivity index (χ1) is 5.74. The molecule has 4 heteroatoms. The fourth-order valence-corrected chi connectivity index (χ4v) is 1.09. The van der Waals surface area contributed by atoms with Crippen LogP contribution in [-0.4, -0.2) is 57.4 Å². The first-order valence-electron chi connectivity index (χ1n) is 3.68. The summed E-state index contributed by atoms with van der Waals surface area (Å²) in [4.78, 5) is 10.9. The van der Waals surface area contributed by atoms with Crippen LogP contribution in [0.25, 0.3) is 0 Å². The summed E-state index contributed by atoms with van der Waals surface area (Å²) in [6.45, 7) is 1.98. The van der Waals surface area contributed by atoms with E-state index in [4.69, 9.17) is 0 Å². The third kappa shape index (κ3) is 4.68. The number of rotatable bonds is 2. The van der Waals surface area contributed by atoms with Crippen LogP contribution in [0.2, 0.25) is 0 Å². The van der Waals surface area contributed by atoms with Gasteiger partial charge in [-0.05, 0) is 18.1 Å². The van der Waals surface area contributed by atoms with Gasteiger partial charge in [0.1, 0.15) is 0 Å². The standard InChI is InChI=1S/C9H11O2P.K.H/c1-7-4-2-3-5-8(7)6-9(10)11-12;;/h2-5H,6,12H2,1H3;;. The van der Waals surface area contributed by atoms with Gasteiger partial charge in [0, 0.05) is 0 Å². The number of benzene rings is 1. The van der Waals surface area contributed by atoms with Gasteiger partial charge in [-0.2, -0.15) is 0 Å². The molecule has 1 rings (SSSR count). The summed E-state index contributed by atoms with van der Waals surface area (Å²) in [6, 6.07) is 7.77. The summed E-state index contributed by atoms with van der Waals surface area (Å²) >= 11 is 0. The van der Waals surface area contributed by atoms with Crippen molar-refractivity contribution in [2.45, 2.75) is 13.3 Å². The van der Waals surface area contributed by atoms with Crippen LogP contribution in [0.3, 0.4) is 0 Å². The van der Waals surface area contributed by atoms with Gasteiger partial charge in [-0.3, -0.25) is 4.79 Å². The minimum absolute atomic E-state index is 0. The first-order valence-corrected chi connectivity index (χ1v) is 4.15. The molecule has 0 heterocycles. The molecule has 66 valence electrons. The van der Waals surface area contributed by atoms with Gasteiger partial charge in [0.05, 0.1) is 15.9 Å². The summed E-state index contributed by atoms with van der Waals surface area (Å²) in [5.41, 5.74) is 2.14. The summed E-state index contributed by atoms with van der Waals surface area (Å²) in [7, 11) is 1.96. The Morgan fingerprint density at radius 2 is 2.08 bits per heavy atom. The van der Waals surface area contributed by atoms with E-state index in [1.807, 2.05) is 40.7 Å². The Labute approximate surface area is 123 Å². The van der Waals surface area contributed by atoms with Crippen molar-refractivity contribution < 1.29 is 9.32 Å². The van der Waals surface area contributed by atoms with Crippen LogP contribution in [0.15, 0.2) is 24.3 Å². The number of carbonyl (C=O) groups excluding carboxylic acids is 1. The van der Waals surface area contributed by atoms with Crippen LogP contribution in [0.4, 0.5) is 0 Å². The summed E-state index contributed by atoms with van der Waals surface area (Å²) < 4.78 is 4.49. The van der Waals surface area contributed by atoms with Crippen LogP contribution in [-0.2, 0) is 15.7 Å². The fourth-order valence-electron chi connectivity index (χ4n) is 1.01. The van der Waals surface area contributed by atoms with Crippen molar-refractivity contribution in [3.8, 4) is 0 Å². The van der Waals surface area contributed by atoms with Crippen LogP contribution in [0.5, 0.6) is 0 Å². The number of hydrogen-bond donors (Lipinski definition) is 0. The van der Waals surface area contributed by atoms with Crippen molar-refractivity contribution in [3.63, 3.8) is 0 Å². The van der Waals surface area contributed by atoms with Gasteiger partial charge in [0.15, 0.2) is 0 Å². The average molecular weight is 222 g/mol. The molecule has 1 atom stereocenters. The molecule has 1 aromatic rings. The molecule has 1 unspecified atom stereocenters. The van der Waals surface area contributed by atoms with Gasteiger partial charge in [-0.15, -0.1) is 0 Å². The Kier molecular flexibility index (Phi) is 7.51. The molecule has 0 amide bonds. The molecule has 0 fully saturated rings. The second-order valence-corrected chi connectivity index (χ2v) is 2.83. The van der Waals surface area contributed by atoms with Crippen LogP contribution in [0, 0.1) is 6.92 Å². The predicted molar refractivity (Wildman–Crippen MR) is 57.8 cm³/mol. The van der Waals surface area contributed by atoms with Gasteiger partial charge in [0.2, 0.25) is 0 Å².